The maximum atomic E-state index is 11.7. The Morgan fingerprint density at radius 2 is 1.18 bits per heavy atom. The van der Waals surface area contributed by atoms with Gasteiger partial charge in [0.15, 0.2) is 0 Å². The minimum Gasteiger partial charge on any atom is -0.505 e. The highest BCUT2D eigenvalue weighted by atomic mass is 16.3. The normalized spacial score (nSPS) is 11.4. The van der Waals surface area contributed by atoms with Gasteiger partial charge in [0.05, 0.1) is 16.7 Å². The zero-order valence-corrected chi connectivity index (χ0v) is 27.2. The minimum atomic E-state index is 0.328. The molecule has 4 heteroatoms. The number of rotatable bonds is 8. The molecule has 1 heterocycles. The van der Waals surface area contributed by atoms with Crippen LogP contribution in [0.15, 0.2) is 103 Å². The lowest BCUT2D eigenvalue weighted by atomic mass is 9.93. The summed E-state index contributed by atoms with van der Waals surface area (Å²) in [7, 11) is 4.23. The number of likely N-dealkylation sites (N-methyl/N-ethyl adjacent to an activating group) is 1. The molecule has 6 rings (SSSR count). The molecule has 0 amide bonds. The molecule has 6 aromatic rings. The van der Waals surface area contributed by atoms with Crippen LogP contribution in [0.4, 0.5) is 0 Å². The van der Waals surface area contributed by atoms with E-state index in [1.165, 1.54) is 38.6 Å². The Labute approximate surface area is 262 Å². The molecule has 0 aliphatic rings. The molecule has 5 aromatic carbocycles. The molecule has 0 spiro atoms. The summed E-state index contributed by atoms with van der Waals surface area (Å²) in [6.45, 7) is 12.0. The fourth-order valence-corrected chi connectivity index (χ4v) is 6.24. The van der Waals surface area contributed by atoms with Gasteiger partial charge in [0, 0.05) is 43.5 Å². The molecule has 0 saturated carbocycles. The molecule has 0 atom stereocenters. The van der Waals surface area contributed by atoms with Crippen molar-refractivity contribution >= 4 is 21.8 Å². The first-order valence-corrected chi connectivity index (χ1v) is 15.7. The van der Waals surface area contributed by atoms with Crippen molar-refractivity contribution in [2.45, 2.75) is 47.6 Å². The maximum Gasteiger partial charge on any atom is 0.144 e. The van der Waals surface area contributed by atoms with E-state index in [1.807, 2.05) is 13.8 Å². The molecule has 226 valence electrons. The molecule has 0 saturated heterocycles. The van der Waals surface area contributed by atoms with E-state index in [0.717, 1.165) is 40.8 Å². The lowest BCUT2D eigenvalue weighted by Gasteiger charge is -2.29. The standard InChI is InChI=1S/C38H39N3O.C2H6/c1-26-21-30(28(3)34(23-26)29-13-7-6-8-14-29)19-20-39(4)40(5)25-31-22-27(2)24-37(38(31)42)41-35-17-11-9-15-32(35)33-16-10-12-18-36(33)41;1-2/h6-18,21-24,42H,19-20,25H2,1-5H3;1-2H3. The Kier molecular flexibility index (Phi) is 9.53. The van der Waals surface area contributed by atoms with Gasteiger partial charge in [-0.1, -0.05) is 104 Å². The van der Waals surface area contributed by atoms with E-state index in [1.54, 1.807) is 0 Å². The minimum absolute atomic E-state index is 0.328. The summed E-state index contributed by atoms with van der Waals surface area (Å²) in [6, 6.07) is 36.3. The monoisotopic (exact) mass is 583 g/mol. The lowest BCUT2D eigenvalue weighted by molar-refractivity contribution is 0.0196. The van der Waals surface area contributed by atoms with Crippen molar-refractivity contribution in [3.63, 3.8) is 0 Å². The second-order valence-electron chi connectivity index (χ2n) is 11.6. The highest BCUT2D eigenvalue weighted by Gasteiger charge is 2.19. The van der Waals surface area contributed by atoms with Gasteiger partial charge in [0.2, 0.25) is 0 Å². The topological polar surface area (TPSA) is 31.6 Å². The number of hydrogen-bond acceptors (Lipinski definition) is 3. The van der Waals surface area contributed by atoms with E-state index in [0.29, 0.717) is 12.3 Å². The number of benzene rings is 5. The number of nitrogens with zero attached hydrogens (tertiary/aromatic N) is 3. The van der Waals surface area contributed by atoms with Crippen molar-refractivity contribution in [1.82, 2.24) is 14.6 Å². The van der Waals surface area contributed by atoms with Gasteiger partial charge in [0.1, 0.15) is 5.75 Å². The van der Waals surface area contributed by atoms with Crippen molar-refractivity contribution in [1.29, 1.82) is 0 Å². The van der Waals surface area contributed by atoms with Gasteiger partial charge in [-0.25, -0.2) is 10.0 Å². The average Bonchev–Trinajstić information content (AvgIpc) is 3.38. The molecular weight excluding hydrogens is 538 g/mol. The van der Waals surface area contributed by atoms with E-state index >= 15 is 0 Å². The third-order valence-electron chi connectivity index (χ3n) is 8.57. The fourth-order valence-electron chi connectivity index (χ4n) is 6.24. The first-order chi connectivity index (χ1) is 21.3. The van der Waals surface area contributed by atoms with Crippen molar-refractivity contribution in [3.05, 3.63) is 131 Å². The largest absolute Gasteiger partial charge is 0.505 e. The van der Waals surface area contributed by atoms with Crippen molar-refractivity contribution < 1.29 is 5.11 Å². The van der Waals surface area contributed by atoms with Crippen LogP contribution in [0, 0.1) is 20.8 Å². The summed E-state index contributed by atoms with van der Waals surface area (Å²) in [6.07, 6.45) is 0.945. The highest BCUT2D eigenvalue weighted by molar-refractivity contribution is 6.09. The number of phenolic OH excluding ortho intramolecular Hbond substituents is 1. The first-order valence-electron chi connectivity index (χ1n) is 15.7. The third kappa shape index (κ3) is 6.14. The smallest absolute Gasteiger partial charge is 0.144 e. The van der Waals surface area contributed by atoms with Gasteiger partial charge in [-0.2, -0.15) is 0 Å². The van der Waals surface area contributed by atoms with Crippen LogP contribution < -0.4 is 0 Å². The molecule has 0 unspecified atom stereocenters. The average molecular weight is 584 g/mol. The number of aromatic hydroxyl groups is 1. The summed E-state index contributed by atoms with van der Waals surface area (Å²) in [5.74, 6) is 0.328. The van der Waals surface area contributed by atoms with E-state index in [9.17, 15) is 5.11 Å². The van der Waals surface area contributed by atoms with Crippen LogP contribution >= 0.6 is 0 Å². The molecule has 1 aromatic heterocycles. The molecule has 4 nitrogen and oxygen atoms in total. The van der Waals surface area contributed by atoms with Crippen LogP contribution in [0.1, 0.15) is 41.7 Å². The van der Waals surface area contributed by atoms with Crippen LogP contribution in [-0.2, 0) is 13.0 Å². The van der Waals surface area contributed by atoms with Crippen molar-refractivity contribution in [2.75, 3.05) is 20.6 Å². The number of phenols is 1. The van der Waals surface area contributed by atoms with Gasteiger partial charge >= 0.3 is 0 Å². The van der Waals surface area contributed by atoms with E-state index in [2.05, 4.69) is 153 Å². The molecule has 1 N–H and O–H groups in total. The SMILES string of the molecule is CC.Cc1cc(CCN(C)N(C)Cc2cc(C)cc(-n3c4ccccc4c4ccccc43)c2O)c(C)c(-c2ccccc2)c1. The molecule has 44 heavy (non-hydrogen) atoms. The predicted octanol–water partition coefficient (Wildman–Crippen LogP) is 9.63. The molecule has 0 bridgehead atoms. The van der Waals surface area contributed by atoms with E-state index in [4.69, 9.17) is 0 Å². The third-order valence-corrected chi connectivity index (χ3v) is 8.57. The number of hydrazine groups is 1. The summed E-state index contributed by atoms with van der Waals surface area (Å²) in [5, 5.41) is 18.5. The zero-order chi connectivity index (χ0) is 31.4. The highest BCUT2D eigenvalue weighted by Crippen LogP contribution is 2.37. The Balaban J connectivity index is 0.00000188. The summed E-state index contributed by atoms with van der Waals surface area (Å²) in [5.41, 5.74) is 11.6. The number of fused-ring (bicyclic) bond motifs is 3. The summed E-state index contributed by atoms with van der Waals surface area (Å²) < 4.78 is 2.20. The fraction of sp³-hybridized carbons (Fsp3) is 0.250. The number of para-hydroxylation sites is 2. The van der Waals surface area contributed by atoms with Crippen molar-refractivity contribution in [3.8, 4) is 22.6 Å². The Morgan fingerprint density at radius 3 is 1.82 bits per heavy atom. The van der Waals surface area contributed by atoms with Crippen LogP contribution in [0.5, 0.6) is 5.75 Å². The van der Waals surface area contributed by atoms with Gasteiger partial charge in [-0.05, 0) is 73.2 Å². The molecular formula is C40H45N3O. The second-order valence-corrected chi connectivity index (χ2v) is 11.6. The van der Waals surface area contributed by atoms with Crippen LogP contribution in [0.25, 0.3) is 38.6 Å². The van der Waals surface area contributed by atoms with Gasteiger partial charge in [0.25, 0.3) is 0 Å². The van der Waals surface area contributed by atoms with Gasteiger partial charge < -0.3 is 9.67 Å². The summed E-state index contributed by atoms with van der Waals surface area (Å²) >= 11 is 0. The van der Waals surface area contributed by atoms with Gasteiger partial charge in [-0.3, -0.25) is 0 Å². The molecule has 0 aliphatic heterocycles. The van der Waals surface area contributed by atoms with Crippen LogP contribution in [-0.4, -0.2) is 40.3 Å². The molecule has 0 aliphatic carbocycles. The maximum absolute atomic E-state index is 11.7. The molecule has 0 fully saturated rings. The molecule has 0 radical (unpaired) electrons. The number of hydrogen-bond donors (Lipinski definition) is 1. The van der Waals surface area contributed by atoms with Gasteiger partial charge in [-0.15, -0.1) is 0 Å². The van der Waals surface area contributed by atoms with Crippen molar-refractivity contribution in [2.24, 2.45) is 0 Å². The predicted molar refractivity (Wildman–Crippen MR) is 188 cm³/mol. The zero-order valence-electron chi connectivity index (χ0n) is 27.2. The second kappa shape index (κ2) is 13.5. The number of aryl methyl sites for hydroxylation is 2. The Hall–Kier alpha value is -4.38. The van der Waals surface area contributed by atoms with Crippen LogP contribution in [0.2, 0.25) is 0 Å². The Morgan fingerprint density at radius 1 is 0.636 bits per heavy atom. The number of aromatic nitrogens is 1. The first kappa shape index (κ1) is 31.1. The Bertz CT molecular complexity index is 1830. The van der Waals surface area contributed by atoms with E-state index in [-0.39, 0.29) is 0 Å². The van der Waals surface area contributed by atoms with E-state index < -0.39 is 0 Å². The quantitative estimate of drug-likeness (QED) is 0.181. The summed E-state index contributed by atoms with van der Waals surface area (Å²) in [4.78, 5) is 0. The van der Waals surface area contributed by atoms with Crippen LogP contribution in [0.3, 0.4) is 0 Å². The lowest BCUT2D eigenvalue weighted by Crippen LogP contribution is -2.37.